The normalized spacial score (nSPS) is 11.8. The molecule has 1 aromatic rings. The molecule has 0 spiro atoms. The maximum atomic E-state index is 8.88. The molecule has 0 fully saturated rings. The largest absolute Gasteiger partial charge is 0.493 e. The average molecular weight is 307 g/mol. The van der Waals surface area contributed by atoms with E-state index in [1.165, 1.54) is 0 Å². The van der Waals surface area contributed by atoms with Gasteiger partial charge in [0.05, 0.1) is 26.2 Å². The van der Waals surface area contributed by atoms with Crippen molar-refractivity contribution in [1.29, 1.82) is 5.26 Å². The first-order valence-electron chi connectivity index (χ1n) is 7.45. The fraction of sp³-hybridized carbons (Fsp3) is 0.588. The van der Waals surface area contributed by atoms with E-state index in [1.807, 2.05) is 26.0 Å². The van der Waals surface area contributed by atoms with Crippen LogP contribution in [0.5, 0.6) is 17.2 Å². The van der Waals surface area contributed by atoms with Crippen molar-refractivity contribution >= 4 is 0 Å². The molecule has 0 aliphatic heterocycles. The van der Waals surface area contributed by atoms with Crippen molar-refractivity contribution in [2.24, 2.45) is 5.92 Å². The summed E-state index contributed by atoms with van der Waals surface area (Å²) in [6.07, 6.45) is 1.02. The zero-order valence-electron chi connectivity index (χ0n) is 13.8. The Kier molecular flexibility index (Phi) is 8.16. The van der Waals surface area contributed by atoms with E-state index in [0.717, 1.165) is 6.42 Å². The zero-order chi connectivity index (χ0) is 16.4. The van der Waals surface area contributed by atoms with Crippen LogP contribution in [0.1, 0.15) is 26.7 Å². The van der Waals surface area contributed by atoms with Gasteiger partial charge in [-0.05, 0) is 18.1 Å². The van der Waals surface area contributed by atoms with E-state index in [2.05, 4.69) is 6.07 Å². The SMILES string of the molecule is COCCCOc1cc(OC(CC#N)C(C)C)ccc1OC. The maximum Gasteiger partial charge on any atom is 0.164 e. The summed E-state index contributed by atoms with van der Waals surface area (Å²) >= 11 is 0. The van der Waals surface area contributed by atoms with Gasteiger partial charge in [0.15, 0.2) is 11.5 Å². The molecule has 0 saturated carbocycles. The van der Waals surface area contributed by atoms with Gasteiger partial charge in [-0.25, -0.2) is 0 Å². The van der Waals surface area contributed by atoms with E-state index < -0.39 is 0 Å². The summed E-state index contributed by atoms with van der Waals surface area (Å²) in [6.45, 7) is 5.26. The Bertz CT molecular complexity index is 482. The molecule has 0 N–H and O–H groups in total. The lowest BCUT2D eigenvalue weighted by Gasteiger charge is -2.21. The Morgan fingerprint density at radius 1 is 1.14 bits per heavy atom. The third kappa shape index (κ3) is 5.82. The van der Waals surface area contributed by atoms with Gasteiger partial charge in [-0.2, -0.15) is 5.26 Å². The molecule has 5 heteroatoms. The van der Waals surface area contributed by atoms with Gasteiger partial charge in [-0.15, -0.1) is 0 Å². The molecule has 5 nitrogen and oxygen atoms in total. The van der Waals surface area contributed by atoms with Crippen LogP contribution >= 0.6 is 0 Å². The van der Waals surface area contributed by atoms with Gasteiger partial charge in [0.2, 0.25) is 0 Å². The topological polar surface area (TPSA) is 60.7 Å². The first-order valence-corrected chi connectivity index (χ1v) is 7.45. The van der Waals surface area contributed by atoms with Crippen molar-refractivity contribution in [1.82, 2.24) is 0 Å². The molecule has 1 atom stereocenters. The third-order valence-corrected chi connectivity index (χ3v) is 3.21. The first-order chi connectivity index (χ1) is 10.6. The second-order valence-corrected chi connectivity index (χ2v) is 5.27. The summed E-state index contributed by atoms with van der Waals surface area (Å²) in [5.74, 6) is 2.23. The number of nitriles is 1. The van der Waals surface area contributed by atoms with Crippen LogP contribution < -0.4 is 14.2 Å². The molecule has 22 heavy (non-hydrogen) atoms. The minimum atomic E-state index is -0.139. The molecule has 1 aromatic carbocycles. The summed E-state index contributed by atoms with van der Waals surface area (Å²) in [4.78, 5) is 0. The fourth-order valence-corrected chi connectivity index (χ4v) is 1.91. The quantitative estimate of drug-likeness (QED) is 0.620. The highest BCUT2D eigenvalue weighted by Crippen LogP contribution is 2.32. The number of ether oxygens (including phenoxy) is 4. The number of rotatable bonds is 10. The molecule has 0 bridgehead atoms. The molecule has 0 amide bonds. The molecule has 0 saturated heterocycles. The summed E-state index contributed by atoms with van der Waals surface area (Å²) < 4.78 is 21.9. The minimum absolute atomic E-state index is 0.139. The summed E-state index contributed by atoms with van der Waals surface area (Å²) in [7, 11) is 3.26. The smallest absolute Gasteiger partial charge is 0.164 e. The number of hydrogen-bond donors (Lipinski definition) is 0. The Labute approximate surface area is 132 Å². The molecule has 1 rings (SSSR count). The van der Waals surface area contributed by atoms with Crippen molar-refractivity contribution in [2.75, 3.05) is 27.4 Å². The Morgan fingerprint density at radius 3 is 2.50 bits per heavy atom. The number of hydrogen-bond acceptors (Lipinski definition) is 5. The van der Waals surface area contributed by atoms with Crippen molar-refractivity contribution in [3.8, 4) is 23.3 Å². The number of methoxy groups -OCH3 is 2. The molecular weight excluding hydrogens is 282 g/mol. The summed E-state index contributed by atoms with van der Waals surface area (Å²) in [5.41, 5.74) is 0. The minimum Gasteiger partial charge on any atom is -0.493 e. The number of nitrogens with zero attached hydrogens (tertiary/aromatic N) is 1. The van der Waals surface area contributed by atoms with Gasteiger partial charge < -0.3 is 18.9 Å². The molecule has 0 aromatic heterocycles. The molecule has 0 radical (unpaired) electrons. The standard InChI is InChI=1S/C17H25NO4/c1-13(2)15(8-9-18)22-14-6-7-16(20-4)17(12-14)21-11-5-10-19-3/h6-7,12-13,15H,5,8,10-11H2,1-4H3. The van der Waals surface area contributed by atoms with Gasteiger partial charge in [0, 0.05) is 26.2 Å². The van der Waals surface area contributed by atoms with Crippen LogP contribution in [0.25, 0.3) is 0 Å². The van der Waals surface area contributed by atoms with Crippen molar-refractivity contribution in [2.45, 2.75) is 32.8 Å². The monoisotopic (exact) mass is 307 g/mol. The number of benzene rings is 1. The van der Waals surface area contributed by atoms with Gasteiger partial charge in [-0.1, -0.05) is 13.8 Å². The molecule has 0 aliphatic rings. The van der Waals surface area contributed by atoms with Gasteiger partial charge >= 0.3 is 0 Å². The lowest BCUT2D eigenvalue weighted by molar-refractivity contribution is 0.154. The van der Waals surface area contributed by atoms with E-state index in [1.54, 1.807) is 20.3 Å². The summed E-state index contributed by atoms with van der Waals surface area (Å²) in [6, 6.07) is 7.60. The Morgan fingerprint density at radius 2 is 1.91 bits per heavy atom. The summed E-state index contributed by atoms with van der Waals surface area (Å²) in [5, 5.41) is 8.88. The van der Waals surface area contributed by atoms with Crippen molar-refractivity contribution in [3.63, 3.8) is 0 Å². The van der Waals surface area contributed by atoms with Gasteiger partial charge in [0.25, 0.3) is 0 Å². The molecule has 0 aliphatic carbocycles. The highest BCUT2D eigenvalue weighted by Gasteiger charge is 2.16. The lowest BCUT2D eigenvalue weighted by Crippen LogP contribution is -2.22. The average Bonchev–Trinajstić information content (AvgIpc) is 2.51. The zero-order valence-corrected chi connectivity index (χ0v) is 13.8. The Balaban J connectivity index is 2.77. The van der Waals surface area contributed by atoms with E-state index in [4.69, 9.17) is 24.2 Å². The Hall–Kier alpha value is -1.93. The van der Waals surface area contributed by atoms with Crippen LogP contribution in [0.4, 0.5) is 0 Å². The van der Waals surface area contributed by atoms with E-state index in [-0.39, 0.29) is 12.0 Å². The second-order valence-electron chi connectivity index (χ2n) is 5.27. The van der Waals surface area contributed by atoms with Crippen molar-refractivity contribution in [3.05, 3.63) is 18.2 Å². The lowest BCUT2D eigenvalue weighted by atomic mass is 10.0. The predicted molar refractivity (Wildman–Crippen MR) is 84.5 cm³/mol. The highest BCUT2D eigenvalue weighted by molar-refractivity contribution is 5.45. The second kappa shape index (κ2) is 9.91. The van der Waals surface area contributed by atoms with E-state index in [0.29, 0.717) is 36.9 Å². The van der Waals surface area contributed by atoms with Gasteiger partial charge in [0.1, 0.15) is 11.9 Å². The fourth-order valence-electron chi connectivity index (χ4n) is 1.91. The van der Waals surface area contributed by atoms with Crippen LogP contribution in [-0.2, 0) is 4.74 Å². The van der Waals surface area contributed by atoms with Crippen LogP contribution in [-0.4, -0.2) is 33.5 Å². The molecular formula is C17H25NO4. The third-order valence-electron chi connectivity index (χ3n) is 3.21. The van der Waals surface area contributed by atoms with Crippen LogP contribution in [0.15, 0.2) is 18.2 Å². The molecule has 0 heterocycles. The van der Waals surface area contributed by atoms with E-state index >= 15 is 0 Å². The predicted octanol–water partition coefficient (Wildman–Crippen LogP) is 3.43. The van der Waals surface area contributed by atoms with E-state index in [9.17, 15) is 0 Å². The first kappa shape index (κ1) is 18.1. The highest BCUT2D eigenvalue weighted by atomic mass is 16.5. The van der Waals surface area contributed by atoms with Crippen LogP contribution in [0.2, 0.25) is 0 Å². The van der Waals surface area contributed by atoms with Gasteiger partial charge in [-0.3, -0.25) is 0 Å². The van der Waals surface area contributed by atoms with Crippen LogP contribution in [0, 0.1) is 17.2 Å². The maximum absolute atomic E-state index is 8.88. The van der Waals surface area contributed by atoms with Crippen LogP contribution in [0.3, 0.4) is 0 Å². The molecule has 1 unspecified atom stereocenters. The van der Waals surface area contributed by atoms with Crippen molar-refractivity contribution < 1.29 is 18.9 Å². The molecule has 122 valence electrons.